The van der Waals surface area contributed by atoms with Gasteiger partial charge in [-0.15, -0.1) is 0 Å². The first-order valence-electron chi connectivity index (χ1n) is 5.56. The number of hydrogen-bond acceptors (Lipinski definition) is 4. The Bertz CT molecular complexity index is 580. The monoisotopic (exact) mass is 325 g/mol. The van der Waals surface area contributed by atoms with Gasteiger partial charge >= 0.3 is 0 Å². The summed E-state index contributed by atoms with van der Waals surface area (Å²) in [6, 6.07) is 6.26. The summed E-state index contributed by atoms with van der Waals surface area (Å²) in [5, 5.41) is 0. The van der Waals surface area contributed by atoms with Gasteiger partial charge in [-0.2, -0.15) is 0 Å². The Hall–Kier alpha value is -1.50. The summed E-state index contributed by atoms with van der Waals surface area (Å²) in [6.45, 7) is 0. The van der Waals surface area contributed by atoms with Crippen molar-refractivity contribution in [3.63, 3.8) is 0 Å². The number of hydrogen-bond donors (Lipinski definition) is 2. The van der Waals surface area contributed by atoms with Crippen LogP contribution in [0.2, 0.25) is 0 Å². The highest BCUT2D eigenvalue weighted by Gasteiger charge is 2.19. The van der Waals surface area contributed by atoms with E-state index in [9.17, 15) is 4.39 Å². The van der Waals surface area contributed by atoms with E-state index in [0.717, 1.165) is 10.0 Å². The molecule has 0 saturated heterocycles. The molecule has 0 aliphatic heterocycles. The number of hydrazine groups is 1. The molecule has 0 fully saturated rings. The highest BCUT2D eigenvalue weighted by atomic mass is 79.9. The van der Waals surface area contributed by atoms with Crippen LogP contribution in [0.4, 0.5) is 4.39 Å². The van der Waals surface area contributed by atoms with Gasteiger partial charge in [-0.3, -0.25) is 10.8 Å². The van der Waals surface area contributed by atoms with Crippen LogP contribution in [0.15, 0.2) is 41.1 Å². The van der Waals surface area contributed by atoms with Crippen LogP contribution in [0.5, 0.6) is 5.75 Å². The summed E-state index contributed by atoms with van der Waals surface area (Å²) in [6.07, 6.45) is 3.28. The van der Waals surface area contributed by atoms with Gasteiger partial charge in [0.05, 0.1) is 13.2 Å². The fourth-order valence-corrected chi connectivity index (χ4v) is 2.24. The smallest absolute Gasteiger partial charge is 0.170 e. The summed E-state index contributed by atoms with van der Waals surface area (Å²) < 4.78 is 20.0. The maximum absolute atomic E-state index is 14.2. The summed E-state index contributed by atoms with van der Waals surface area (Å²) in [5.74, 6) is 5.29. The van der Waals surface area contributed by atoms with E-state index in [1.165, 1.54) is 7.11 Å². The Morgan fingerprint density at radius 2 is 2.21 bits per heavy atom. The number of rotatable bonds is 4. The first-order valence-corrected chi connectivity index (χ1v) is 6.35. The van der Waals surface area contributed by atoms with E-state index in [0.29, 0.717) is 5.56 Å². The van der Waals surface area contributed by atoms with Gasteiger partial charge < -0.3 is 4.74 Å². The zero-order chi connectivity index (χ0) is 13.8. The van der Waals surface area contributed by atoms with Crippen LogP contribution in [0, 0.1) is 5.82 Å². The minimum Gasteiger partial charge on any atom is -0.494 e. The number of benzene rings is 1. The lowest BCUT2D eigenvalue weighted by Gasteiger charge is -2.18. The number of nitrogens with one attached hydrogen (secondary N) is 1. The third-order valence-corrected chi connectivity index (χ3v) is 3.18. The van der Waals surface area contributed by atoms with Crippen molar-refractivity contribution in [2.24, 2.45) is 5.84 Å². The Balaban J connectivity index is 2.48. The molecule has 0 amide bonds. The van der Waals surface area contributed by atoms with Crippen LogP contribution in [-0.2, 0) is 0 Å². The van der Waals surface area contributed by atoms with Gasteiger partial charge in [-0.1, -0.05) is 12.1 Å². The van der Waals surface area contributed by atoms with E-state index in [-0.39, 0.29) is 5.75 Å². The molecule has 2 aromatic rings. The molecule has 3 N–H and O–H groups in total. The number of pyridine rings is 1. The van der Waals surface area contributed by atoms with Crippen LogP contribution in [-0.4, -0.2) is 12.1 Å². The van der Waals surface area contributed by atoms with E-state index < -0.39 is 11.9 Å². The van der Waals surface area contributed by atoms with Crippen molar-refractivity contribution in [3.8, 4) is 5.75 Å². The molecule has 100 valence electrons. The second-order valence-corrected chi connectivity index (χ2v) is 4.82. The number of nitrogens with two attached hydrogens (primary N) is 1. The van der Waals surface area contributed by atoms with Crippen LogP contribution in [0.3, 0.4) is 0 Å². The molecule has 19 heavy (non-hydrogen) atoms. The standard InChI is InChI=1S/C13H13BrFN3O/c1-19-11-4-2-3-10(12(11)15)13(18-16)8-5-9(14)7-17-6-8/h2-7,13,18H,16H2,1H3. The molecule has 0 aliphatic carbocycles. The van der Waals surface area contributed by atoms with Gasteiger partial charge in [0.15, 0.2) is 11.6 Å². The summed E-state index contributed by atoms with van der Waals surface area (Å²) in [5.41, 5.74) is 3.76. The van der Waals surface area contributed by atoms with Crippen molar-refractivity contribution in [3.05, 3.63) is 58.1 Å². The normalized spacial score (nSPS) is 12.2. The average molecular weight is 326 g/mol. The highest BCUT2D eigenvalue weighted by Crippen LogP contribution is 2.29. The number of halogens is 2. The molecule has 1 unspecified atom stereocenters. The van der Waals surface area contributed by atoms with Gasteiger partial charge in [0.25, 0.3) is 0 Å². The second kappa shape index (κ2) is 6.10. The predicted octanol–water partition coefficient (Wildman–Crippen LogP) is 2.54. The van der Waals surface area contributed by atoms with Gasteiger partial charge in [0.1, 0.15) is 0 Å². The Labute approximate surface area is 118 Å². The van der Waals surface area contributed by atoms with Crippen LogP contribution in [0.1, 0.15) is 17.2 Å². The predicted molar refractivity (Wildman–Crippen MR) is 74.1 cm³/mol. The quantitative estimate of drug-likeness (QED) is 0.670. The Kier molecular flexibility index (Phi) is 4.47. The van der Waals surface area contributed by atoms with Crippen molar-refractivity contribution in [2.75, 3.05) is 7.11 Å². The molecule has 1 heterocycles. The van der Waals surface area contributed by atoms with Crippen molar-refractivity contribution >= 4 is 15.9 Å². The lowest BCUT2D eigenvalue weighted by molar-refractivity contribution is 0.381. The molecule has 0 saturated carbocycles. The molecule has 1 aromatic carbocycles. The van der Waals surface area contributed by atoms with Crippen molar-refractivity contribution in [1.29, 1.82) is 0 Å². The largest absolute Gasteiger partial charge is 0.494 e. The molecule has 1 aromatic heterocycles. The molecular weight excluding hydrogens is 313 g/mol. The van der Waals surface area contributed by atoms with Gasteiger partial charge in [-0.25, -0.2) is 9.82 Å². The Morgan fingerprint density at radius 3 is 2.84 bits per heavy atom. The van der Waals surface area contributed by atoms with Crippen molar-refractivity contribution < 1.29 is 9.13 Å². The van der Waals surface area contributed by atoms with E-state index in [1.807, 2.05) is 6.07 Å². The van der Waals surface area contributed by atoms with Gasteiger partial charge in [0, 0.05) is 22.4 Å². The number of ether oxygens (including phenoxy) is 1. The fraction of sp³-hybridized carbons (Fsp3) is 0.154. The van der Waals surface area contributed by atoms with E-state index >= 15 is 0 Å². The van der Waals surface area contributed by atoms with E-state index in [2.05, 4.69) is 26.3 Å². The van der Waals surface area contributed by atoms with Crippen LogP contribution in [0.25, 0.3) is 0 Å². The first kappa shape index (κ1) is 13.9. The molecule has 0 bridgehead atoms. The topological polar surface area (TPSA) is 60.2 Å². The minimum absolute atomic E-state index is 0.181. The average Bonchev–Trinajstić information content (AvgIpc) is 2.41. The summed E-state index contributed by atoms with van der Waals surface area (Å²) in [4.78, 5) is 4.05. The lowest BCUT2D eigenvalue weighted by Crippen LogP contribution is -2.29. The van der Waals surface area contributed by atoms with Crippen LogP contribution >= 0.6 is 15.9 Å². The van der Waals surface area contributed by atoms with Crippen LogP contribution < -0.4 is 16.0 Å². The Morgan fingerprint density at radius 1 is 1.42 bits per heavy atom. The third kappa shape index (κ3) is 2.91. The van der Waals surface area contributed by atoms with Gasteiger partial charge in [-0.05, 0) is 33.6 Å². The molecule has 0 aliphatic rings. The second-order valence-electron chi connectivity index (χ2n) is 3.90. The molecule has 4 nitrogen and oxygen atoms in total. The third-order valence-electron chi connectivity index (χ3n) is 2.75. The highest BCUT2D eigenvalue weighted by molar-refractivity contribution is 9.10. The molecular formula is C13H13BrFN3O. The summed E-state index contributed by atoms with van der Waals surface area (Å²) >= 11 is 3.33. The number of aromatic nitrogens is 1. The molecule has 0 spiro atoms. The number of nitrogens with zero attached hydrogens (tertiary/aromatic N) is 1. The van der Waals surface area contributed by atoms with Crippen molar-refractivity contribution in [1.82, 2.24) is 10.4 Å². The first-order chi connectivity index (χ1) is 9.17. The molecule has 2 rings (SSSR count). The summed E-state index contributed by atoms with van der Waals surface area (Å²) in [7, 11) is 1.42. The maximum Gasteiger partial charge on any atom is 0.170 e. The van der Waals surface area contributed by atoms with Gasteiger partial charge in [0.2, 0.25) is 0 Å². The number of methoxy groups -OCH3 is 1. The fourth-order valence-electron chi connectivity index (χ4n) is 1.86. The minimum atomic E-state index is -0.500. The SMILES string of the molecule is COc1cccc(C(NN)c2cncc(Br)c2)c1F. The van der Waals surface area contributed by atoms with E-state index in [4.69, 9.17) is 10.6 Å². The lowest BCUT2D eigenvalue weighted by atomic mass is 10.00. The molecule has 6 heteroatoms. The molecule has 0 radical (unpaired) electrons. The van der Waals surface area contributed by atoms with E-state index in [1.54, 1.807) is 30.6 Å². The molecule has 1 atom stereocenters. The maximum atomic E-state index is 14.2. The van der Waals surface area contributed by atoms with Crippen molar-refractivity contribution in [2.45, 2.75) is 6.04 Å². The zero-order valence-electron chi connectivity index (χ0n) is 10.2. The zero-order valence-corrected chi connectivity index (χ0v) is 11.8.